The van der Waals surface area contributed by atoms with Gasteiger partial charge in [0.15, 0.2) is 0 Å². The highest BCUT2D eigenvalue weighted by atomic mass is 127. The molecule has 0 aliphatic carbocycles. The number of rotatable bonds is 1. The minimum Gasteiger partial charge on any atom is -0.258 e. The highest BCUT2D eigenvalue weighted by molar-refractivity contribution is 14.1. The maximum Gasteiger partial charge on any atom is 0.325 e. The Bertz CT molecular complexity index is 484. The molecule has 1 heterocycles. The first kappa shape index (κ1) is 10.2. The van der Waals surface area contributed by atoms with Crippen molar-refractivity contribution in [3.8, 4) is 0 Å². The predicted molar refractivity (Wildman–Crippen MR) is 68.4 cm³/mol. The van der Waals surface area contributed by atoms with Crippen molar-refractivity contribution in [3.05, 3.63) is 31.9 Å². The summed E-state index contributed by atoms with van der Waals surface area (Å²) in [6.07, 6.45) is 0. The van der Waals surface area contributed by atoms with Gasteiger partial charge in [-0.1, -0.05) is 11.3 Å². The standard InChI is InChI=1S/C8H4INO2S2/c9-5-1-2-6(13)8-4(5)3-7(14-8)10(11)12/h1-3,13H. The average Bonchev–Trinajstić information content (AvgIpc) is 2.57. The van der Waals surface area contributed by atoms with Gasteiger partial charge in [0, 0.05) is 19.9 Å². The van der Waals surface area contributed by atoms with Crippen LogP contribution in [0.1, 0.15) is 0 Å². The molecular formula is C8H4INO2S2. The molecule has 0 saturated heterocycles. The fraction of sp³-hybridized carbons (Fsp3) is 0. The Balaban J connectivity index is 2.82. The second-order valence-corrected chi connectivity index (χ2v) is 5.33. The molecule has 6 heteroatoms. The molecule has 2 rings (SSSR count). The van der Waals surface area contributed by atoms with Crippen LogP contribution in [0.2, 0.25) is 0 Å². The van der Waals surface area contributed by atoms with Gasteiger partial charge in [-0.15, -0.1) is 12.6 Å². The topological polar surface area (TPSA) is 43.1 Å². The van der Waals surface area contributed by atoms with E-state index < -0.39 is 0 Å². The summed E-state index contributed by atoms with van der Waals surface area (Å²) in [6.45, 7) is 0. The van der Waals surface area contributed by atoms with Gasteiger partial charge < -0.3 is 0 Å². The van der Waals surface area contributed by atoms with Gasteiger partial charge in [0.2, 0.25) is 0 Å². The molecule has 0 radical (unpaired) electrons. The number of hydrogen-bond donors (Lipinski definition) is 1. The molecule has 0 unspecified atom stereocenters. The molecule has 0 aliphatic heterocycles. The van der Waals surface area contributed by atoms with E-state index in [-0.39, 0.29) is 9.92 Å². The number of thiol groups is 1. The molecule has 14 heavy (non-hydrogen) atoms. The van der Waals surface area contributed by atoms with Crippen molar-refractivity contribution in [2.45, 2.75) is 4.90 Å². The first-order chi connectivity index (χ1) is 6.59. The van der Waals surface area contributed by atoms with Crippen LogP contribution in [0.5, 0.6) is 0 Å². The van der Waals surface area contributed by atoms with Gasteiger partial charge in [0.05, 0.1) is 9.62 Å². The number of nitrogens with zero attached hydrogens (tertiary/aromatic N) is 1. The highest BCUT2D eigenvalue weighted by Gasteiger charge is 2.14. The van der Waals surface area contributed by atoms with Crippen molar-refractivity contribution >= 4 is 61.6 Å². The van der Waals surface area contributed by atoms with Gasteiger partial charge in [0.25, 0.3) is 0 Å². The van der Waals surface area contributed by atoms with Crippen LogP contribution < -0.4 is 0 Å². The molecule has 0 saturated carbocycles. The Morgan fingerprint density at radius 1 is 1.50 bits per heavy atom. The Labute approximate surface area is 103 Å². The van der Waals surface area contributed by atoms with Crippen LogP contribution in [-0.2, 0) is 0 Å². The largest absolute Gasteiger partial charge is 0.325 e. The molecule has 0 N–H and O–H groups in total. The monoisotopic (exact) mass is 337 g/mol. The van der Waals surface area contributed by atoms with Gasteiger partial charge in [0.1, 0.15) is 0 Å². The molecular weight excluding hydrogens is 333 g/mol. The van der Waals surface area contributed by atoms with Gasteiger partial charge >= 0.3 is 5.00 Å². The van der Waals surface area contributed by atoms with Crippen molar-refractivity contribution in [2.24, 2.45) is 0 Å². The summed E-state index contributed by atoms with van der Waals surface area (Å²) in [4.78, 5) is 11.0. The molecule has 0 amide bonds. The third kappa shape index (κ3) is 1.61. The summed E-state index contributed by atoms with van der Waals surface area (Å²) < 4.78 is 1.90. The SMILES string of the molecule is O=[N+]([O-])c1cc2c(I)ccc(S)c2s1. The highest BCUT2D eigenvalue weighted by Crippen LogP contribution is 2.37. The molecule has 1 aromatic heterocycles. The van der Waals surface area contributed by atoms with E-state index >= 15 is 0 Å². The maximum absolute atomic E-state index is 10.6. The number of thiophene rings is 1. The normalized spacial score (nSPS) is 10.7. The smallest absolute Gasteiger partial charge is 0.258 e. The van der Waals surface area contributed by atoms with E-state index in [0.717, 1.165) is 18.6 Å². The van der Waals surface area contributed by atoms with E-state index in [0.29, 0.717) is 0 Å². The molecule has 0 aliphatic rings. The Morgan fingerprint density at radius 2 is 2.21 bits per heavy atom. The molecule has 0 spiro atoms. The lowest BCUT2D eigenvalue weighted by molar-refractivity contribution is -0.380. The molecule has 72 valence electrons. The van der Waals surface area contributed by atoms with E-state index in [1.54, 1.807) is 6.07 Å². The molecule has 0 bridgehead atoms. The predicted octanol–water partition coefficient (Wildman–Crippen LogP) is 3.70. The first-order valence-corrected chi connectivity index (χ1v) is 5.99. The lowest BCUT2D eigenvalue weighted by Gasteiger charge is -1.95. The average molecular weight is 337 g/mol. The first-order valence-electron chi connectivity index (χ1n) is 3.65. The van der Waals surface area contributed by atoms with E-state index in [1.165, 1.54) is 11.3 Å². The van der Waals surface area contributed by atoms with E-state index in [1.807, 2.05) is 12.1 Å². The van der Waals surface area contributed by atoms with Crippen molar-refractivity contribution in [2.75, 3.05) is 0 Å². The quantitative estimate of drug-likeness (QED) is 0.373. The summed E-state index contributed by atoms with van der Waals surface area (Å²) in [7, 11) is 0. The van der Waals surface area contributed by atoms with Gasteiger partial charge in [-0.25, -0.2) is 0 Å². The van der Waals surface area contributed by atoms with Crippen LogP contribution in [-0.4, -0.2) is 4.92 Å². The lowest BCUT2D eigenvalue weighted by atomic mass is 10.3. The Morgan fingerprint density at radius 3 is 2.79 bits per heavy atom. The minimum absolute atomic E-state index is 0.166. The summed E-state index contributed by atoms with van der Waals surface area (Å²) in [6, 6.07) is 5.36. The fourth-order valence-electron chi connectivity index (χ4n) is 1.15. The van der Waals surface area contributed by atoms with E-state index in [9.17, 15) is 10.1 Å². The Hall–Kier alpha value is -0.340. The van der Waals surface area contributed by atoms with Crippen LogP contribution in [0.25, 0.3) is 10.1 Å². The van der Waals surface area contributed by atoms with Gasteiger partial charge in [-0.2, -0.15) is 0 Å². The number of benzene rings is 1. The van der Waals surface area contributed by atoms with E-state index in [4.69, 9.17) is 0 Å². The number of nitro groups is 1. The number of halogens is 1. The number of hydrogen-bond acceptors (Lipinski definition) is 4. The second-order valence-electron chi connectivity index (χ2n) is 2.65. The van der Waals surface area contributed by atoms with Crippen LogP contribution in [0.3, 0.4) is 0 Å². The molecule has 0 atom stereocenters. The summed E-state index contributed by atoms with van der Waals surface area (Å²) in [5, 5.41) is 11.7. The van der Waals surface area contributed by atoms with Crippen molar-refractivity contribution in [1.29, 1.82) is 0 Å². The van der Waals surface area contributed by atoms with Gasteiger partial charge in [-0.3, -0.25) is 10.1 Å². The summed E-state index contributed by atoms with van der Waals surface area (Å²) in [5.74, 6) is 0. The van der Waals surface area contributed by atoms with Crippen LogP contribution in [0.15, 0.2) is 23.1 Å². The minimum atomic E-state index is -0.367. The van der Waals surface area contributed by atoms with Crippen molar-refractivity contribution in [3.63, 3.8) is 0 Å². The summed E-state index contributed by atoms with van der Waals surface area (Å²) >= 11 is 7.59. The van der Waals surface area contributed by atoms with Crippen LogP contribution >= 0.6 is 46.6 Å². The van der Waals surface area contributed by atoms with Crippen molar-refractivity contribution < 1.29 is 4.92 Å². The molecule has 3 nitrogen and oxygen atoms in total. The maximum atomic E-state index is 10.6. The zero-order valence-electron chi connectivity index (χ0n) is 6.73. The fourth-order valence-corrected chi connectivity index (χ4v) is 3.19. The Kier molecular flexibility index (Phi) is 2.67. The molecule has 2 aromatic rings. The third-order valence-corrected chi connectivity index (χ3v) is 4.36. The van der Waals surface area contributed by atoms with Crippen LogP contribution in [0, 0.1) is 13.7 Å². The zero-order valence-corrected chi connectivity index (χ0v) is 10.6. The second kappa shape index (κ2) is 3.67. The molecule has 0 fully saturated rings. The summed E-state index contributed by atoms with van der Waals surface area (Å²) in [5.41, 5.74) is 0. The third-order valence-electron chi connectivity index (χ3n) is 1.78. The lowest BCUT2D eigenvalue weighted by Crippen LogP contribution is -1.80. The van der Waals surface area contributed by atoms with Crippen LogP contribution in [0.4, 0.5) is 5.00 Å². The number of fused-ring (bicyclic) bond motifs is 1. The van der Waals surface area contributed by atoms with Crippen molar-refractivity contribution in [1.82, 2.24) is 0 Å². The van der Waals surface area contributed by atoms with Gasteiger partial charge in [-0.05, 0) is 34.7 Å². The molecule has 1 aromatic carbocycles. The zero-order chi connectivity index (χ0) is 10.3. The van der Waals surface area contributed by atoms with E-state index in [2.05, 4.69) is 35.2 Å².